The van der Waals surface area contributed by atoms with Crippen LogP contribution in [0.3, 0.4) is 0 Å². The van der Waals surface area contributed by atoms with Gasteiger partial charge in [-0.25, -0.2) is 8.42 Å². The third-order valence-corrected chi connectivity index (χ3v) is 4.57. The molecule has 0 unspecified atom stereocenters. The molecular weight excluding hydrogens is 336 g/mol. The van der Waals surface area contributed by atoms with Gasteiger partial charge in [-0.1, -0.05) is 0 Å². The number of rotatable bonds is 4. The maximum absolute atomic E-state index is 12.5. The summed E-state index contributed by atoms with van der Waals surface area (Å²) in [5, 5.41) is 30.0. The van der Waals surface area contributed by atoms with Crippen LogP contribution < -0.4 is 4.72 Å². The lowest BCUT2D eigenvalue weighted by molar-refractivity contribution is -0.387. The number of nitro groups is 1. The number of H-pyrrole nitrogens is 1. The van der Waals surface area contributed by atoms with Crippen molar-refractivity contribution in [2.45, 2.75) is 4.90 Å². The molecule has 120 valence electrons. The Kier molecular flexibility index (Phi) is 3.59. The zero-order valence-electron chi connectivity index (χ0n) is 11.8. The Labute approximate surface area is 134 Å². The number of nitriles is 1. The van der Waals surface area contributed by atoms with E-state index in [1.807, 2.05) is 0 Å². The number of nitrogens with one attached hydrogen (secondary N) is 2. The van der Waals surface area contributed by atoms with Gasteiger partial charge in [0.15, 0.2) is 4.90 Å². The van der Waals surface area contributed by atoms with Gasteiger partial charge in [-0.05, 0) is 30.3 Å². The molecule has 1 heterocycles. The van der Waals surface area contributed by atoms with E-state index < -0.39 is 25.5 Å². The van der Waals surface area contributed by atoms with Gasteiger partial charge in [0.2, 0.25) is 0 Å². The Bertz CT molecular complexity index is 1100. The van der Waals surface area contributed by atoms with E-state index in [0.717, 1.165) is 12.1 Å². The molecule has 3 rings (SSSR count). The predicted molar refractivity (Wildman–Crippen MR) is 82.5 cm³/mol. The van der Waals surface area contributed by atoms with Gasteiger partial charge in [-0.2, -0.15) is 20.7 Å². The molecule has 2 aromatic carbocycles. The number of sulfonamides is 1. The van der Waals surface area contributed by atoms with E-state index in [-0.39, 0.29) is 11.3 Å². The normalized spacial score (nSPS) is 11.1. The van der Waals surface area contributed by atoms with E-state index >= 15 is 0 Å². The lowest BCUT2D eigenvalue weighted by Crippen LogP contribution is -2.14. The Morgan fingerprint density at radius 3 is 2.62 bits per heavy atom. The first-order valence-electron chi connectivity index (χ1n) is 6.42. The molecule has 3 aromatic rings. The minimum absolute atomic E-state index is 0.00957. The van der Waals surface area contributed by atoms with E-state index in [2.05, 4.69) is 20.1 Å². The second-order valence-electron chi connectivity index (χ2n) is 4.68. The van der Waals surface area contributed by atoms with Gasteiger partial charge in [0.25, 0.3) is 15.7 Å². The zero-order valence-corrected chi connectivity index (χ0v) is 12.6. The number of hydrogen-bond donors (Lipinski definition) is 2. The minimum Gasteiger partial charge on any atom is -0.279 e. The molecule has 0 saturated heterocycles. The second-order valence-corrected chi connectivity index (χ2v) is 6.33. The summed E-state index contributed by atoms with van der Waals surface area (Å²) in [5.74, 6) is 0. The highest BCUT2D eigenvalue weighted by Gasteiger charge is 2.26. The summed E-state index contributed by atoms with van der Waals surface area (Å²) in [5.41, 5.74) is 0.468. The first kappa shape index (κ1) is 15.4. The molecule has 0 amide bonds. The fraction of sp³-hybridized carbons (Fsp3) is 0. The smallest absolute Gasteiger partial charge is 0.279 e. The lowest BCUT2D eigenvalue weighted by Gasteiger charge is -2.08. The fourth-order valence-electron chi connectivity index (χ4n) is 2.07. The molecule has 11 heteroatoms. The number of hydrogen-bond acceptors (Lipinski definition) is 7. The molecule has 1 aromatic heterocycles. The molecule has 0 bridgehead atoms. The maximum atomic E-state index is 12.5. The quantitative estimate of drug-likeness (QED) is 0.537. The van der Waals surface area contributed by atoms with Crippen LogP contribution in [0.15, 0.2) is 41.3 Å². The highest BCUT2D eigenvalue weighted by Crippen LogP contribution is 2.27. The number of aromatic nitrogens is 3. The SMILES string of the molecule is N#Cc1ccc(S(=O)(=O)Nc2ccc3n[nH]nc3c2)c([N+](=O)[O-])c1. The van der Waals surface area contributed by atoms with Gasteiger partial charge < -0.3 is 0 Å². The summed E-state index contributed by atoms with van der Waals surface area (Å²) in [7, 11) is -4.23. The molecule has 0 aliphatic carbocycles. The van der Waals surface area contributed by atoms with Crippen molar-refractivity contribution in [3.8, 4) is 6.07 Å². The Hall–Kier alpha value is -3.52. The molecule has 0 saturated carbocycles. The zero-order chi connectivity index (χ0) is 17.3. The average Bonchev–Trinajstić information content (AvgIpc) is 3.01. The fourth-order valence-corrected chi connectivity index (χ4v) is 3.27. The molecule has 0 atom stereocenters. The molecule has 0 fully saturated rings. The molecular formula is C13H8N6O4S. The third-order valence-electron chi connectivity index (χ3n) is 3.14. The van der Waals surface area contributed by atoms with Crippen molar-refractivity contribution in [3.05, 3.63) is 52.1 Å². The van der Waals surface area contributed by atoms with Crippen LogP contribution in [0.1, 0.15) is 5.56 Å². The van der Waals surface area contributed by atoms with E-state index in [1.165, 1.54) is 18.2 Å². The maximum Gasteiger partial charge on any atom is 0.291 e. The van der Waals surface area contributed by atoms with E-state index in [4.69, 9.17) is 5.26 Å². The Balaban J connectivity index is 2.04. The average molecular weight is 344 g/mol. The topological polar surface area (TPSA) is 155 Å². The number of fused-ring (bicyclic) bond motifs is 1. The van der Waals surface area contributed by atoms with Crippen LogP contribution in [-0.4, -0.2) is 28.8 Å². The molecule has 2 N–H and O–H groups in total. The minimum atomic E-state index is -4.23. The molecule has 0 spiro atoms. The molecule has 10 nitrogen and oxygen atoms in total. The largest absolute Gasteiger partial charge is 0.291 e. The highest BCUT2D eigenvalue weighted by molar-refractivity contribution is 7.92. The summed E-state index contributed by atoms with van der Waals surface area (Å²) in [6.07, 6.45) is 0. The highest BCUT2D eigenvalue weighted by atomic mass is 32.2. The molecule has 0 radical (unpaired) electrons. The first-order chi connectivity index (χ1) is 11.4. The van der Waals surface area contributed by atoms with Gasteiger partial charge in [0, 0.05) is 6.07 Å². The van der Waals surface area contributed by atoms with E-state index in [1.54, 1.807) is 12.1 Å². The van der Waals surface area contributed by atoms with Crippen LogP contribution >= 0.6 is 0 Å². The number of anilines is 1. The van der Waals surface area contributed by atoms with Crippen molar-refractivity contribution in [1.82, 2.24) is 15.4 Å². The summed E-state index contributed by atoms with van der Waals surface area (Å²) < 4.78 is 27.2. The van der Waals surface area contributed by atoms with Crippen LogP contribution in [0.5, 0.6) is 0 Å². The van der Waals surface area contributed by atoms with Crippen molar-refractivity contribution in [3.63, 3.8) is 0 Å². The van der Waals surface area contributed by atoms with Gasteiger partial charge in [-0.15, -0.1) is 0 Å². The Morgan fingerprint density at radius 1 is 1.17 bits per heavy atom. The van der Waals surface area contributed by atoms with Crippen LogP contribution in [0.4, 0.5) is 11.4 Å². The predicted octanol–water partition coefficient (Wildman–Crippen LogP) is 1.54. The van der Waals surface area contributed by atoms with Gasteiger partial charge in [0.1, 0.15) is 11.0 Å². The monoisotopic (exact) mass is 344 g/mol. The lowest BCUT2D eigenvalue weighted by atomic mass is 10.2. The van der Waals surface area contributed by atoms with E-state index in [0.29, 0.717) is 11.0 Å². The summed E-state index contributed by atoms with van der Waals surface area (Å²) in [6.45, 7) is 0. The summed E-state index contributed by atoms with van der Waals surface area (Å²) in [4.78, 5) is 9.72. The molecule has 0 aliphatic heterocycles. The summed E-state index contributed by atoms with van der Waals surface area (Å²) in [6, 6.07) is 9.30. The van der Waals surface area contributed by atoms with Crippen molar-refractivity contribution in [2.75, 3.05) is 4.72 Å². The number of benzene rings is 2. The summed E-state index contributed by atoms with van der Waals surface area (Å²) >= 11 is 0. The standard InChI is InChI=1S/C13H8N6O4S/c14-7-8-1-4-13(12(5-8)19(20)21)24(22,23)17-9-2-3-10-11(6-9)16-18-15-10/h1-6,17H,(H,15,16,18). The van der Waals surface area contributed by atoms with Crippen molar-refractivity contribution < 1.29 is 13.3 Å². The third kappa shape index (κ3) is 2.73. The van der Waals surface area contributed by atoms with Crippen LogP contribution in [0.2, 0.25) is 0 Å². The Morgan fingerprint density at radius 2 is 1.92 bits per heavy atom. The number of nitro benzene ring substituents is 1. The van der Waals surface area contributed by atoms with Crippen molar-refractivity contribution >= 4 is 32.4 Å². The van der Waals surface area contributed by atoms with Gasteiger partial charge >= 0.3 is 0 Å². The van der Waals surface area contributed by atoms with Gasteiger partial charge in [0.05, 0.1) is 22.2 Å². The molecule has 24 heavy (non-hydrogen) atoms. The second kappa shape index (κ2) is 5.60. The van der Waals surface area contributed by atoms with Crippen molar-refractivity contribution in [1.29, 1.82) is 5.26 Å². The van der Waals surface area contributed by atoms with Crippen LogP contribution in [0, 0.1) is 21.4 Å². The van der Waals surface area contributed by atoms with Gasteiger partial charge in [-0.3, -0.25) is 14.8 Å². The number of aromatic amines is 1. The van der Waals surface area contributed by atoms with E-state index in [9.17, 15) is 18.5 Å². The van der Waals surface area contributed by atoms with Crippen LogP contribution in [-0.2, 0) is 10.0 Å². The first-order valence-corrected chi connectivity index (χ1v) is 7.91. The van der Waals surface area contributed by atoms with Crippen molar-refractivity contribution in [2.24, 2.45) is 0 Å². The molecule has 0 aliphatic rings. The van der Waals surface area contributed by atoms with Crippen LogP contribution in [0.25, 0.3) is 11.0 Å². The number of nitrogens with zero attached hydrogens (tertiary/aromatic N) is 4.